The Labute approximate surface area is 96.6 Å². The van der Waals surface area contributed by atoms with Crippen LogP contribution < -0.4 is 5.32 Å². The van der Waals surface area contributed by atoms with Gasteiger partial charge in [-0.2, -0.15) is 0 Å². The van der Waals surface area contributed by atoms with Gasteiger partial charge in [-0.1, -0.05) is 38.1 Å². The monoisotopic (exact) mass is 227 g/mol. The molecule has 0 aliphatic carbocycles. The first kappa shape index (κ1) is 13.8. The third-order valence-corrected chi connectivity index (χ3v) is 1.91. The van der Waals surface area contributed by atoms with Gasteiger partial charge in [0.25, 0.3) is 0 Å². The summed E-state index contributed by atoms with van der Waals surface area (Å²) in [5, 5.41) is 12.6. The molecule has 0 fully saturated rings. The van der Waals surface area contributed by atoms with Crippen molar-refractivity contribution in [2.24, 2.45) is 0 Å². The lowest BCUT2D eigenvalue weighted by Gasteiger charge is -2.09. The zero-order chi connectivity index (χ0) is 12.0. The number of nitrogens with one attached hydrogen (secondary N) is 1. The third-order valence-electron chi connectivity index (χ3n) is 1.81. The predicted molar refractivity (Wildman–Crippen MR) is 67.5 cm³/mol. The lowest BCUT2D eigenvalue weighted by molar-refractivity contribution is 0.471. The summed E-state index contributed by atoms with van der Waals surface area (Å²) in [6.07, 6.45) is 0. The first-order chi connectivity index (χ1) is 7.00. The van der Waals surface area contributed by atoms with Crippen LogP contribution in [0.15, 0.2) is 23.9 Å². The van der Waals surface area contributed by atoms with Crippen molar-refractivity contribution in [3.63, 3.8) is 0 Å². The molecule has 0 spiro atoms. The van der Waals surface area contributed by atoms with E-state index in [2.05, 4.69) is 11.9 Å². The number of phenols is 1. The van der Waals surface area contributed by atoms with Crippen molar-refractivity contribution in [2.45, 2.75) is 27.7 Å². The van der Waals surface area contributed by atoms with Crippen LogP contribution in [0.1, 0.15) is 25.0 Å². The molecule has 0 aliphatic rings. The fourth-order valence-corrected chi connectivity index (χ4v) is 1.22. The summed E-state index contributed by atoms with van der Waals surface area (Å²) in [4.78, 5) is 0. The van der Waals surface area contributed by atoms with Crippen LogP contribution in [-0.2, 0) is 0 Å². The van der Waals surface area contributed by atoms with E-state index in [-0.39, 0.29) is 5.75 Å². The van der Waals surface area contributed by atoms with Gasteiger partial charge in [0, 0.05) is 11.8 Å². The van der Waals surface area contributed by atoms with Crippen LogP contribution in [0, 0.1) is 13.8 Å². The maximum absolute atomic E-state index is 9.42. The molecule has 84 valence electrons. The number of anilines is 1. The van der Waals surface area contributed by atoms with Crippen LogP contribution >= 0.6 is 11.6 Å². The minimum absolute atomic E-state index is 0.256. The van der Waals surface area contributed by atoms with Gasteiger partial charge < -0.3 is 10.4 Å². The molecular weight excluding hydrogens is 210 g/mol. The van der Waals surface area contributed by atoms with E-state index in [0.717, 1.165) is 16.8 Å². The SMILES string of the molecule is C=C(Cl)Nc1cc(O)c(C)cc1C.CC. The summed E-state index contributed by atoms with van der Waals surface area (Å²) in [5.41, 5.74) is 2.66. The van der Waals surface area contributed by atoms with Crippen LogP contribution in [0.5, 0.6) is 5.75 Å². The van der Waals surface area contributed by atoms with Crippen LogP contribution in [0.25, 0.3) is 0 Å². The Morgan fingerprint density at radius 1 is 1.27 bits per heavy atom. The highest BCUT2D eigenvalue weighted by atomic mass is 35.5. The van der Waals surface area contributed by atoms with Crippen molar-refractivity contribution in [1.29, 1.82) is 0 Å². The minimum Gasteiger partial charge on any atom is -0.508 e. The molecule has 0 saturated carbocycles. The van der Waals surface area contributed by atoms with E-state index in [1.165, 1.54) is 0 Å². The summed E-state index contributed by atoms with van der Waals surface area (Å²) in [5.74, 6) is 0.256. The van der Waals surface area contributed by atoms with Crippen LogP contribution in [-0.4, -0.2) is 5.11 Å². The van der Waals surface area contributed by atoms with Gasteiger partial charge in [0.05, 0.1) is 5.16 Å². The molecule has 1 aromatic rings. The molecule has 0 saturated heterocycles. The Morgan fingerprint density at radius 2 is 1.80 bits per heavy atom. The molecule has 1 aromatic carbocycles. The number of benzene rings is 1. The van der Waals surface area contributed by atoms with Crippen molar-refractivity contribution >= 4 is 17.3 Å². The van der Waals surface area contributed by atoms with Gasteiger partial charge >= 0.3 is 0 Å². The molecule has 0 aliphatic heterocycles. The Kier molecular flexibility index (Phi) is 5.87. The highest BCUT2D eigenvalue weighted by Gasteiger charge is 2.02. The van der Waals surface area contributed by atoms with Crippen LogP contribution in [0.2, 0.25) is 0 Å². The average Bonchev–Trinajstić information content (AvgIpc) is 2.17. The van der Waals surface area contributed by atoms with E-state index in [0.29, 0.717) is 5.16 Å². The van der Waals surface area contributed by atoms with E-state index in [1.807, 2.05) is 33.8 Å². The number of rotatable bonds is 2. The maximum Gasteiger partial charge on any atom is 0.120 e. The maximum atomic E-state index is 9.42. The summed E-state index contributed by atoms with van der Waals surface area (Å²) in [7, 11) is 0. The summed E-state index contributed by atoms with van der Waals surface area (Å²) in [6.45, 7) is 11.3. The Bertz CT molecular complexity index is 348. The Morgan fingerprint density at radius 3 is 2.27 bits per heavy atom. The normalized spacial score (nSPS) is 8.87. The number of hydrogen-bond acceptors (Lipinski definition) is 2. The second-order valence-corrected chi connectivity index (χ2v) is 3.44. The predicted octanol–water partition coefficient (Wildman–Crippen LogP) is 4.16. The van der Waals surface area contributed by atoms with Gasteiger partial charge in [-0.25, -0.2) is 0 Å². The van der Waals surface area contributed by atoms with E-state index in [4.69, 9.17) is 11.6 Å². The summed E-state index contributed by atoms with van der Waals surface area (Å²) < 4.78 is 0. The van der Waals surface area contributed by atoms with Gasteiger partial charge in [-0.15, -0.1) is 0 Å². The highest BCUT2D eigenvalue weighted by molar-refractivity contribution is 6.30. The Hall–Kier alpha value is -1.15. The standard InChI is InChI=1S/C10H12ClNO.C2H6/c1-6-4-7(2)10(13)5-9(6)12-8(3)11;1-2/h4-5,12-13H,3H2,1-2H3;1-2H3. The zero-order valence-corrected chi connectivity index (χ0v) is 10.4. The molecule has 15 heavy (non-hydrogen) atoms. The molecule has 0 atom stereocenters. The van der Waals surface area contributed by atoms with Gasteiger partial charge in [0.15, 0.2) is 0 Å². The Balaban J connectivity index is 0.000000921. The van der Waals surface area contributed by atoms with E-state index in [9.17, 15) is 5.11 Å². The number of hydrogen-bond donors (Lipinski definition) is 2. The first-order valence-corrected chi connectivity index (χ1v) is 5.30. The topological polar surface area (TPSA) is 32.3 Å². The van der Waals surface area contributed by atoms with Crippen molar-refractivity contribution in [3.05, 3.63) is 35.0 Å². The van der Waals surface area contributed by atoms with Gasteiger partial charge in [-0.3, -0.25) is 0 Å². The second kappa shape index (κ2) is 6.36. The number of phenolic OH excluding ortho intramolecular Hbond substituents is 1. The minimum atomic E-state index is 0.256. The molecule has 1 rings (SSSR count). The van der Waals surface area contributed by atoms with E-state index >= 15 is 0 Å². The lowest BCUT2D eigenvalue weighted by atomic mass is 10.1. The quantitative estimate of drug-likeness (QED) is 0.744. The van der Waals surface area contributed by atoms with E-state index in [1.54, 1.807) is 6.07 Å². The highest BCUT2D eigenvalue weighted by Crippen LogP contribution is 2.26. The molecule has 0 radical (unpaired) electrons. The molecule has 0 heterocycles. The molecule has 0 unspecified atom stereocenters. The molecule has 2 N–H and O–H groups in total. The molecule has 0 amide bonds. The molecular formula is C12H18ClNO. The van der Waals surface area contributed by atoms with Crippen LogP contribution in [0.4, 0.5) is 5.69 Å². The van der Waals surface area contributed by atoms with Crippen LogP contribution in [0.3, 0.4) is 0 Å². The van der Waals surface area contributed by atoms with Gasteiger partial charge in [0.1, 0.15) is 5.75 Å². The van der Waals surface area contributed by atoms with Crippen molar-refractivity contribution in [2.75, 3.05) is 5.32 Å². The molecule has 0 bridgehead atoms. The van der Waals surface area contributed by atoms with Crippen molar-refractivity contribution < 1.29 is 5.11 Å². The first-order valence-electron chi connectivity index (χ1n) is 4.92. The largest absolute Gasteiger partial charge is 0.508 e. The van der Waals surface area contributed by atoms with Crippen molar-refractivity contribution in [1.82, 2.24) is 0 Å². The third kappa shape index (κ3) is 4.26. The summed E-state index contributed by atoms with van der Waals surface area (Å²) in [6, 6.07) is 3.52. The van der Waals surface area contributed by atoms with E-state index < -0.39 is 0 Å². The number of aromatic hydroxyl groups is 1. The fraction of sp³-hybridized carbons (Fsp3) is 0.333. The van der Waals surface area contributed by atoms with Gasteiger partial charge in [0.2, 0.25) is 0 Å². The fourth-order valence-electron chi connectivity index (χ4n) is 1.12. The average molecular weight is 228 g/mol. The number of aryl methyl sites for hydroxylation is 2. The zero-order valence-electron chi connectivity index (χ0n) is 9.69. The molecule has 2 nitrogen and oxygen atoms in total. The number of halogens is 1. The smallest absolute Gasteiger partial charge is 0.120 e. The van der Waals surface area contributed by atoms with Gasteiger partial charge in [-0.05, 0) is 25.0 Å². The molecule has 3 heteroatoms. The molecule has 0 aromatic heterocycles. The second-order valence-electron chi connectivity index (χ2n) is 2.98. The summed E-state index contributed by atoms with van der Waals surface area (Å²) >= 11 is 5.59. The van der Waals surface area contributed by atoms with Crippen molar-refractivity contribution in [3.8, 4) is 5.75 Å². The lowest BCUT2D eigenvalue weighted by Crippen LogP contribution is -1.94.